The van der Waals surface area contributed by atoms with Crippen LogP contribution in [0.1, 0.15) is 47.0 Å². The van der Waals surface area contributed by atoms with E-state index in [1.165, 1.54) is 4.31 Å². The molecule has 6 heteroatoms. The summed E-state index contributed by atoms with van der Waals surface area (Å²) in [6, 6.07) is 0.546. The highest BCUT2D eigenvalue weighted by molar-refractivity contribution is 7.86. The molecule has 2 unspecified atom stereocenters. The molecule has 0 aromatic carbocycles. The molecule has 0 aliphatic carbocycles. The molecule has 20 heavy (non-hydrogen) atoms. The highest BCUT2D eigenvalue weighted by Crippen LogP contribution is 2.26. The second-order valence-electron chi connectivity index (χ2n) is 6.26. The topological polar surface area (TPSA) is 52.7 Å². The lowest BCUT2D eigenvalue weighted by atomic mass is 9.94. The van der Waals surface area contributed by atoms with Crippen molar-refractivity contribution in [1.82, 2.24) is 13.9 Å². The lowest BCUT2D eigenvalue weighted by Crippen LogP contribution is -2.51. The minimum absolute atomic E-state index is 0.102. The largest absolute Gasteiger partial charge is 0.314 e. The van der Waals surface area contributed by atoms with Crippen molar-refractivity contribution in [1.29, 1.82) is 0 Å². The molecule has 1 heterocycles. The van der Waals surface area contributed by atoms with Crippen LogP contribution < -0.4 is 5.32 Å². The summed E-state index contributed by atoms with van der Waals surface area (Å²) >= 11 is 0. The molecule has 120 valence electrons. The Balaban J connectivity index is 2.54. The minimum Gasteiger partial charge on any atom is -0.314 e. The molecule has 0 spiro atoms. The third-order valence-corrected chi connectivity index (χ3v) is 6.29. The number of hydrogen-bond acceptors (Lipinski definition) is 3. The van der Waals surface area contributed by atoms with Crippen LogP contribution in [0.2, 0.25) is 0 Å². The number of hydrogen-bond donors (Lipinski definition) is 1. The van der Waals surface area contributed by atoms with E-state index in [9.17, 15) is 8.42 Å². The molecule has 0 bridgehead atoms. The predicted octanol–water partition coefficient (Wildman–Crippen LogP) is 1.67. The molecule has 1 N–H and O–H groups in total. The fourth-order valence-electron chi connectivity index (χ4n) is 2.61. The Morgan fingerprint density at radius 1 is 1.35 bits per heavy atom. The van der Waals surface area contributed by atoms with Gasteiger partial charge in [0.15, 0.2) is 0 Å². The van der Waals surface area contributed by atoms with Gasteiger partial charge < -0.3 is 5.32 Å². The Kier molecular flexibility index (Phi) is 6.91. The molecule has 0 amide bonds. The fraction of sp³-hybridized carbons (Fsp3) is 1.00. The van der Waals surface area contributed by atoms with Gasteiger partial charge in [0.25, 0.3) is 10.2 Å². The molecule has 0 radical (unpaired) electrons. The van der Waals surface area contributed by atoms with E-state index in [0.717, 1.165) is 25.8 Å². The van der Waals surface area contributed by atoms with Crippen LogP contribution >= 0.6 is 0 Å². The Morgan fingerprint density at radius 2 is 2.00 bits per heavy atom. The monoisotopic (exact) mass is 305 g/mol. The van der Waals surface area contributed by atoms with E-state index >= 15 is 0 Å². The molecule has 1 aliphatic heterocycles. The second kappa shape index (κ2) is 7.73. The zero-order valence-corrected chi connectivity index (χ0v) is 14.4. The van der Waals surface area contributed by atoms with Gasteiger partial charge in [-0.1, -0.05) is 20.8 Å². The van der Waals surface area contributed by atoms with Crippen molar-refractivity contribution in [2.45, 2.75) is 59.0 Å². The summed E-state index contributed by atoms with van der Waals surface area (Å²) in [5, 5.41) is 3.31. The fourth-order valence-corrected chi connectivity index (χ4v) is 4.32. The third-order valence-electron chi connectivity index (χ3n) is 4.21. The van der Waals surface area contributed by atoms with Crippen molar-refractivity contribution >= 4 is 10.2 Å². The highest BCUT2D eigenvalue weighted by Gasteiger charge is 2.35. The van der Waals surface area contributed by atoms with Crippen LogP contribution in [-0.2, 0) is 10.2 Å². The van der Waals surface area contributed by atoms with Crippen molar-refractivity contribution < 1.29 is 8.42 Å². The molecule has 1 aliphatic rings. The first-order valence-corrected chi connectivity index (χ1v) is 9.13. The zero-order valence-electron chi connectivity index (χ0n) is 13.6. The van der Waals surface area contributed by atoms with E-state index in [2.05, 4.69) is 26.1 Å². The molecule has 2 atom stereocenters. The van der Waals surface area contributed by atoms with Crippen molar-refractivity contribution in [2.24, 2.45) is 5.92 Å². The average molecular weight is 305 g/mol. The van der Waals surface area contributed by atoms with Crippen LogP contribution in [-0.4, -0.2) is 55.8 Å². The van der Waals surface area contributed by atoms with Gasteiger partial charge in [0, 0.05) is 32.2 Å². The Hall–Kier alpha value is -0.170. The van der Waals surface area contributed by atoms with Crippen molar-refractivity contribution in [3.63, 3.8) is 0 Å². The average Bonchev–Trinajstić information content (AvgIpc) is 2.37. The van der Waals surface area contributed by atoms with E-state index in [1.807, 2.05) is 6.92 Å². The second-order valence-corrected chi connectivity index (χ2v) is 8.25. The number of nitrogens with one attached hydrogen (secondary N) is 1. The summed E-state index contributed by atoms with van der Waals surface area (Å²) in [7, 11) is -1.61. The highest BCUT2D eigenvalue weighted by atomic mass is 32.2. The van der Waals surface area contributed by atoms with Gasteiger partial charge in [-0.05, 0) is 38.6 Å². The summed E-state index contributed by atoms with van der Waals surface area (Å²) in [5.41, 5.74) is 0. The van der Waals surface area contributed by atoms with Crippen LogP contribution in [0.5, 0.6) is 0 Å². The maximum Gasteiger partial charge on any atom is 0.281 e. The summed E-state index contributed by atoms with van der Waals surface area (Å²) in [6.45, 7) is 10.4. The summed E-state index contributed by atoms with van der Waals surface area (Å²) in [5.74, 6) is 0.439. The van der Waals surface area contributed by atoms with Gasteiger partial charge in [-0.25, -0.2) is 0 Å². The van der Waals surface area contributed by atoms with Gasteiger partial charge >= 0.3 is 0 Å². The normalized spacial score (nSPS) is 25.6. The molecule has 1 fully saturated rings. The number of piperidine rings is 1. The van der Waals surface area contributed by atoms with Gasteiger partial charge in [-0.15, -0.1) is 0 Å². The lowest BCUT2D eigenvalue weighted by Gasteiger charge is -2.38. The van der Waals surface area contributed by atoms with Gasteiger partial charge in [-0.3, -0.25) is 0 Å². The number of nitrogens with zero attached hydrogens (tertiary/aromatic N) is 2. The maximum absolute atomic E-state index is 12.6. The van der Waals surface area contributed by atoms with Crippen LogP contribution in [0.15, 0.2) is 0 Å². The van der Waals surface area contributed by atoms with Gasteiger partial charge in [0.1, 0.15) is 0 Å². The van der Waals surface area contributed by atoms with Gasteiger partial charge in [-0.2, -0.15) is 17.0 Å². The van der Waals surface area contributed by atoms with E-state index < -0.39 is 10.2 Å². The summed E-state index contributed by atoms with van der Waals surface area (Å²) in [6.07, 6.45) is 2.92. The first-order chi connectivity index (χ1) is 9.26. The van der Waals surface area contributed by atoms with Crippen LogP contribution in [0.3, 0.4) is 0 Å². The van der Waals surface area contributed by atoms with Crippen LogP contribution in [0.25, 0.3) is 0 Å². The first-order valence-electron chi connectivity index (χ1n) is 7.73. The van der Waals surface area contributed by atoms with Crippen LogP contribution in [0, 0.1) is 5.92 Å². The quantitative estimate of drug-likeness (QED) is 0.728. The van der Waals surface area contributed by atoms with Crippen molar-refractivity contribution in [3.05, 3.63) is 0 Å². The molecule has 1 saturated heterocycles. The maximum atomic E-state index is 12.6. The third kappa shape index (κ3) is 4.69. The molecule has 5 nitrogen and oxygen atoms in total. The van der Waals surface area contributed by atoms with Crippen LogP contribution in [0.4, 0.5) is 0 Å². The van der Waals surface area contributed by atoms with E-state index in [-0.39, 0.29) is 6.04 Å². The van der Waals surface area contributed by atoms with E-state index in [0.29, 0.717) is 25.0 Å². The first kappa shape index (κ1) is 17.9. The summed E-state index contributed by atoms with van der Waals surface area (Å²) in [4.78, 5) is 0. The molecular formula is C14H31N3O2S. The standard InChI is InChI=1S/C14H31N3O2S/c1-12(2)15-9-7-10-16(5)20(18,19)17-11-6-8-13(3)14(17)4/h12-15H,6-11H2,1-5H3. The van der Waals surface area contributed by atoms with Gasteiger partial charge in [0.2, 0.25) is 0 Å². The molecule has 0 saturated carbocycles. The minimum atomic E-state index is -3.31. The summed E-state index contributed by atoms with van der Waals surface area (Å²) < 4.78 is 28.4. The number of rotatable bonds is 7. The van der Waals surface area contributed by atoms with Gasteiger partial charge in [0.05, 0.1) is 0 Å². The molecule has 1 rings (SSSR count). The Morgan fingerprint density at radius 3 is 2.60 bits per heavy atom. The smallest absolute Gasteiger partial charge is 0.281 e. The molecule has 0 aromatic heterocycles. The lowest BCUT2D eigenvalue weighted by molar-refractivity contribution is 0.191. The molecule has 0 aromatic rings. The van der Waals surface area contributed by atoms with Crippen molar-refractivity contribution in [3.8, 4) is 0 Å². The Labute approximate surface area is 124 Å². The predicted molar refractivity (Wildman–Crippen MR) is 83.9 cm³/mol. The van der Waals surface area contributed by atoms with Crippen molar-refractivity contribution in [2.75, 3.05) is 26.7 Å². The molecular weight excluding hydrogens is 274 g/mol. The Bertz CT molecular complexity index is 384. The SMILES string of the molecule is CC(C)NCCCN(C)S(=O)(=O)N1CCCC(C)C1C. The van der Waals surface area contributed by atoms with E-state index in [1.54, 1.807) is 11.4 Å². The van der Waals surface area contributed by atoms with E-state index in [4.69, 9.17) is 0 Å². The zero-order chi connectivity index (χ0) is 15.3.